The lowest BCUT2D eigenvalue weighted by atomic mass is 9.94. The van der Waals surface area contributed by atoms with Gasteiger partial charge in [-0.3, -0.25) is 10.1 Å². The van der Waals surface area contributed by atoms with Crippen LogP contribution in [0, 0.1) is 0 Å². The Kier molecular flexibility index (Phi) is 5.49. The molecule has 1 heterocycles. The molecule has 8 heteroatoms. The quantitative estimate of drug-likeness (QED) is 0.830. The molecule has 0 aliphatic heterocycles. The van der Waals surface area contributed by atoms with Crippen molar-refractivity contribution >= 4 is 21.8 Å². The van der Waals surface area contributed by atoms with Crippen LogP contribution >= 0.6 is 0 Å². The largest absolute Gasteiger partial charge is 0.328 e. The summed E-state index contributed by atoms with van der Waals surface area (Å²) in [5, 5.41) is 6.11. The van der Waals surface area contributed by atoms with Gasteiger partial charge in [0.2, 0.25) is 5.91 Å². The van der Waals surface area contributed by atoms with Crippen molar-refractivity contribution in [3.8, 4) is 0 Å². The minimum atomic E-state index is -3.26. The Morgan fingerprint density at radius 2 is 2.00 bits per heavy atom. The average Bonchev–Trinajstić information content (AvgIpc) is 2.90. The van der Waals surface area contributed by atoms with Crippen molar-refractivity contribution < 1.29 is 17.7 Å². The number of aromatic nitrogens is 2. The van der Waals surface area contributed by atoms with Gasteiger partial charge in [0.05, 0.1) is 5.92 Å². The molecule has 0 aliphatic rings. The van der Waals surface area contributed by atoms with Gasteiger partial charge in [-0.05, 0) is 12.0 Å². The van der Waals surface area contributed by atoms with Crippen LogP contribution in [0.15, 0.2) is 34.9 Å². The Hall–Kier alpha value is -2.22. The van der Waals surface area contributed by atoms with E-state index < -0.39 is 9.84 Å². The second kappa shape index (κ2) is 7.36. The van der Waals surface area contributed by atoms with Crippen LogP contribution in [0.1, 0.15) is 37.1 Å². The number of carbonyl (C=O) groups excluding carboxylic acids is 1. The van der Waals surface area contributed by atoms with Gasteiger partial charge in [-0.25, -0.2) is 8.42 Å². The lowest BCUT2D eigenvalue weighted by Gasteiger charge is -2.14. The molecule has 0 fully saturated rings. The van der Waals surface area contributed by atoms with E-state index >= 15 is 0 Å². The Bertz CT molecular complexity index is 756. The van der Waals surface area contributed by atoms with E-state index in [2.05, 4.69) is 15.5 Å². The number of rotatable bonds is 7. The molecule has 0 spiro atoms. The first-order valence-corrected chi connectivity index (χ1v) is 9.31. The molecular formula is C15H19N3O4S. The summed E-state index contributed by atoms with van der Waals surface area (Å²) < 4.78 is 27.3. The number of sulfone groups is 1. The van der Waals surface area contributed by atoms with Crippen molar-refractivity contribution in [1.29, 1.82) is 0 Å². The highest BCUT2D eigenvalue weighted by molar-refractivity contribution is 7.89. The number of nitrogens with one attached hydrogen (secondary N) is 1. The van der Waals surface area contributed by atoms with Crippen molar-refractivity contribution in [2.24, 2.45) is 0 Å². The summed E-state index contributed by atoms with van der Waals surface area (Å²) in [6.07, 6.45) is 2.60. The molecular weight excluding hydrogens is 318 g/mol. The van der Waals surface area contributed by atoms with E-state index in [9.17, 15) is 13.2 Å². The lowest BCUT2D eigenvalue weighted by molar-refractivity contribution is -0.117. The van der Waals surface area contributed by atoms with Gasteiger partial charge in [0, 0.05) is 6.26 Å². The van der Waals surface area contributed by atoms with Crippen LogP contribution in [0.3, 0.4) is 0 Å². The molecule has 0 radical (unpaired) electrons. The maximum absolute atomic E-state index is 12.4. The summed E-state index contributed by atoms with van der Waals surface area (Å²) in [7, 11) is -3.26. The molecule has 0 aliphatic carbocycles. The topological polar surface area (TPSA) is 102 Å². The molecule has 0 saturated carbocycles. The van der Waals surface area contributed by atoms with Crippen molar-refractivity contribution in [3.05, 3.63) is 41.7 Å². The number of hydrogen-bond donors (Lipinski definition) is 1. The number of benzene rings is 1. The molecule has 7 nitrogen and oxygen atoms in total. The predicted octanol–water partition coefficient (Wildman–Crippen LogP) is 2.14. The van der Waals surface area contributed by atoms with E-state index in [4.69, 9.17) is 4.52 Å². The average molecular weight is 337 g/mol. The third-order valence-corrected chi connectivity index (χ3v) is 3.97. The summed E-state index contributed by atoms with van der Waals surface area (Å²) in [6.45, 7) is 2.00. The number of anilines is 1. The highest BCUT2D eigenvalue weighted by Gasteiger charge is 2.22. The fourth-order valence-corrected chi connectivity index (χ4v) is 2.80. The third kappa shape index (κ3) is 5.17. The van der Waals surface area contributed by atoms with Crippen molar-refractivity contribution in [2.75, 3.05) is 11.6 Å². The minimum absolute atomic E-state index is 0.0227. The highest BCUT2D eigenvalue weighted by atomic mass is 32.2. The van der Waals surface area contributed by atoms with E-state index in [-0.39, 0.29) is 29.4 Å². The summed E-state index contributed by atoms with van der Waals surface area (Å²) in [4.78, 5) is 16.3. The molecule has 1 aromatic heterocycles. The summed E-state index contributed by atoms with van der Waals surface area (Å²) >= 11 is 0. The molecule has 1 amide bonds. The third-order valence-electron chi connectivity index (χ3n) is 3.19. The fraction of sp³-hybridized carbons (Fsp3) is 0.400. The van der Waals surface area contributed by atoms with Crippen molar-refractivity contribution in [2.45, 2.75) is 31.4 Å². The van der Waals surface area contributed by atoms with Gasteiger partial charge in [-0.15, -0.1) is 0 Å². The predicted molar refractivity (Wildman–Crippen MR) is 85.6 cm³/mol. The zero-order valence-electron chi connectivity index (χ0n) is 13.0. The van der Waals surface area contributed by atoms with E-state index in [1.54, 1.807) is 0 Å². The van der Waals surface area contributed by atoms with E-state index in [0.29, 0.717) is 6.42 Å². The Morgan fingerprint density at radius 1 is 1.30 bits per heavy atom. The monoisotopic (exact) mass is 337 g/mol. The molecule has 1 aromatic carbocycles. The number of nitrogens with zero attached hydrogens (tertiary/aromatic N) is 2. The van der Waals surface area contributed by atoms with Crippen LogP contribution in [0.25, 0.3) is 0 Å². The fourth-order valence-electron chi connectivity index (χ4n) is 2.21. The van der Waals surface area contributed by atoms with Crippen molar-refractivity contribution in [3.63, 3.8) is 0 Å². The van der Waals surface area contributed by atoms with Crippen LogP contribution in [-0.4, -0.2) is 30.7 Å². The summed E-state index contributed by atoms with van der Waals surface area (Å²) in [5.74, 6) is -0.891. The molecule has 23 heavy (non-hydrogen) atoms. The normalized spacial score (nSPS) is 12.8. The molecule has 1 atom stereocenters. The van der Waals surface area contributed by atoms with Gasteiger partial charge in [-0.2, -0.15) is 4.98 Å². The Labute approximate surface area is 135 Å². The second-order valence-corrected chi connectivity index (χ2v) is 7.47. The molecule has 0 bridgehead atoms. The van der Waals surface area contributed by atoms with E-state index in [1.807, 2.05) is 37.3 Å². The van der Waals surface area contributed by atoms with Gasteiger partial charge in [0.15, 0.2) is 15.7 Å². The highest BCUT2D eigenvalue weighted by Crippen LogP contribution is 2.23. The zero-order chi connectivity index (χ0) is 16.9. The molecule has 0 unspecified atom stereocenters. The number of hydrogen-bond acceptors (Lipinski definition) is 6. The number of amides is 1. The van der Waals surface area contributed by atoms with E-state index in [0.717, 1.165) is 18.2 Å². The van der Waals surface area contributed by atoms with Crippen molar-refractivity contribution in [1.82, 2.24) is 10.1 Å². The molecule has 1 N–H and O–H groups in total. The summed E-state index contributed by atoms with van der Waals surface area (Å²) in [6, 6.07) is 9.33. The van der Waals surface area contributed by atoms with Gasteiger partial charge < -0.3 is 4.52 Å². The first kappa shape index (κ1) is 17.1. The zero-order valence-corrected chi connectivity index (χ0v) is 13.8. The molecule has 0 saturated heterocycles. The number of carbonyl (C=O) groups is 1. The van der Waals surface area contributed by atoms with E-state index in [1.165, 1.54) is 0 Å². The van der Waals surface area contributed by atoms with Gasteiger partial charge >= 0.3 is 6.01 Å². The Morgan fingerprint density at radius 3 is 2.61 bits per heavy atom. The standard InChI is InChI=1S/C15H19N3O4S/c1-3-7-12(11-8-5-4-6-9-11)14(19)17-15-16-13(18-22-15)10-23(2,20)21/h4-6,8-9,12H,3,7,10H2,1-2H3,(H,16,17,18,19)/t12-/m1/s1. The molecule has 124 valence electrons. The minimum Gasteiger partial charge on any atom is -0.315 e. The van der Waals surface area contributed by atoms with Gasteiger partial charge in [0.1, 0.15) is 5.75 Å². The first-order chi connectivity index (χ1) is 10.9. The van der Waals surface area contributed by atoms with Crippen LogP contribution in [0.5, 0.6) is 0 Å². The summed E-state index contributed by atoms with van der Waals surface area (Å²) in [5.41, 5.74) is 0.905. The van der Waals surface area contributed by atoms with Crippen LogP contribution in [0.2, 0.25) is 0 Å². The van der Waals surface area contributed by atoms with Gasteiger partial charge in [-0.1, -0.05) is 48.8 Å². The molecule has 2 aromatic rings. The smallest absolute Gasteiger partial charge is 0.315 e. The van der Waals surface area contributed by atoms with Crippen LogP contribution in [-0.2, 0) is 20.4 Å². The first-order valence-electron chi connectivity index (χ1n) is 7.25. The Balaban J connectivity index is 2.10. The lowest BCUT2D eigenvalue weighted by Crippen LogP contribution is -2.21. The SMILES string of the molecule is CCC[C@@H](C(=O)Nc1nc(CS(C)(=O)=O)no1)c1ccccc1. The molecule has 2 rings (SSSR count). The maximum Gasteiger partial charge on any atom is 0.328 e. The van der Waals surface area contributed by atoms with Gasteiger partial charge in [0.25, 0.3) is 0 Å². The van der Waals surface area contributed by atoms with Crippen LogP contribution in [0.4, 0.5) is 6.01 Å². The van der Waals surface area contributed by atoms with Crippen LogP contribution < -0.4 is 5.32 Å². The maximum atomic E-state index is 12.4. The second-order valence-electron chi connectivity index (χ2n) is 5.33.